The maximum Gasteiger partial charge on any atom is 0.107 e. The second kappa shape index (κ2) is 6.02. The summed E-state index contributed by atoms with van der Waals surface area (Å²) in [7, 11) is 0. The summed E-state index contributed by atoms with van der Waals surface area (Å²) in [5.41, 5.74) is 1.41. The van der Waals surface area contributed by atoms with Crippen molar-refractivity contribution < 1.29 is 0 Å². The van der Waals surface area contributed by atoms with Crippen molar-refractivity contribution in [3.8, 4) is 0 Å². The van der Waals surface area contributed by atoms with Crippen LogP contribution < -0.4 is 0 Å². The van der Waals surface area contributed by atoms with Gasteiger partial charge in [0.05, 0.1) is 12.2 Å². The van der Waals surface area contributed by atoms with Gasteiger partial charge in [-0.25, -0.2) is 4.98 Å². The molecule has 2 nitrogen and oxygen atoms in total. The van der Waals surface area contributed by atoms with E-state index in [0.29, 0.717) is 0 Å². The first-order chi connectivity index (χ1) is 8.49. The zero-order valence-corrected chi connectivity index (χ0v) is 14.0. The minimum Gasteiger partial charge on any atom is -0.297 e. The van der Waals surface area contributed by atoms with Crippen LogP contribution in [0.25, 0.3) is 0 Å². The molecule has 0 N–H and O–H groups in total. The van der Waals surface area contributed by atoms with Crippen molar-refractivity contribution in [3.63, 3.8) is 0 Å². The Morgan fingerprint density at radius 3 is 2.56 bits per heavy atom. The van der Waals surface area contributed by atoms with Crippen LogP contribution in [0.2, 0.25) is 0 Å². The Kier molecular flexibility index (Phi) is 4.84. The highest BCUT2D eigenvalue weighted by Crippen LogP contribution is 2.26. The fraction of sp³-hybridized carbons (Fsp3) is 0.786. The van der Waals surface area contributed by atoms with Gasteiger partial charge >= 0.3 is 0 Å². The average molecular weight is 331 g/mol. The molecule has 0 unspecified atom stereocenters. The van der Waals surface area contributed by atoms with Crippen LogP contribution in [0.3, 0.4) is 0 Å². The van der Waals surface area contributed by atoms with E-state index in [4.69, 9.17) is 4.98 Å². The molecule has 4 heteroatoms. The lowest BCUT2D eigenvalue weighted by Gasteiger charge is -2.30. The van der Waals surface area contributed by atoms with Crippen LogP contribution in [-0.2, 0) is 12.0 Å². The zero-order chi connectivity index (χ0) is 13.2. The van der Waals surface area contributed by atoms with Gasteiger partial charge in [-0.05, 0) is 31.8 Å². The quantitative estimate of drug-likeness (QED) is 0.777. The van der Waals surface area contributed by atoms with Gasteiger partial charge in [0.15, 0.2) is 0 Å². The van der Waals surface area contributed by atoms with Gasteiger partial charge in [-0.3, -0.25) is 4.90 Å². The summed E-state index contributed by atoms with van der Waals surface area (Å²) >= 11 is 5.41. The highest BCUT2D eigenvalue weighted by Gasteiger charge is 2.21. The van der Waals surface area contributed by atoms with Gasteiger partial charge in [-0.1, -0.05) is 36.7 Å². The fourth-order valence-electron chi connectivity index (χ4n) is 2.22. The molecule has 1 saturated heterocycles. The lowest BCUT2D eigenvalue weighted by Crippen LogP contribution is -2.33. The van der Waals surface area contributed by atoms with E-state index in [9.17, 15) is 0 Å². The van der Waals surface area contributed by atoms with Crippen LogP contribution >= 0.6 is 27.3 Å². The zero-order valence-electron chi connectivity index (χ0n) is 11.6. The summed E-state index contributed by atoms with van der Waals surface area (Å²) in [6.07, 6.45) is 2.64. The average Bonchev–Trinajstić information content (AvgIpc) is 2.78. The Bertz CT molecular complexity index is 375. The molecule has 0 aromatic carbocycles. The van der Waals surface area contributed by atoms with Gasteiger partial charge in [-0.15, -0.1) is 11.3 Å². The van der Waals surface area contributed by atoms with E-state index < -0.39 is 0 Å². The van der Waals surface area contributed by atoms with E-state index in [0.717, 1.165) is 17.8 Å². The number of halogens is 1. The maximum atomic E-state index is 4.78. The van der Waals surface area contributed by atoms with Crippen molar-refractivity contribution in [2.75, 3.05) is 18.4 Å². The van der Waals surface area contributed by atoms with E-state index in [2.05, 4.69) is 47.0 Å². The van der Waals surface area contributed by atoms with Gasteiger partial charge in [0.25, 0.3) is 0 Å². The highest BCUT2D eigenvalue weighted by molar-refractivity contribution is 9.09. The van der Waals surface area contributed by atoms with Crippen molar-refractivity contribution in [1.82, 2.24) is 9.88 Å². The molecule has 0 spiro atoms. The number of rotatable bonds is 3. The molecule has 0 aliphatic carbocycles. The second-order valence-corrected chi connectivity index (χ2v) is 7.84. The normalized spacial score (nSPS) is 19.3. The third-order valence-corrected chi connectivity index (χ3v) is 5.35. The molecule has 2 rings (SSSR count). The molecular formula is C14H23BrN2S. The molecule has 1 aromatic heterocycles. The molecule has 1 aliphatic rings. The van der Waals surface area contributed by atoms with Crippen molar-refractivity contribution in [1.29, 1.82) is 0 Å². The standard InChI is InChI=1S/C14H23BrN2S/c1-14(2,3)12-10-18-13(16-12)9-17-6-4-11(8-15)5-7-17/h10-11H,4-9H2,1-3H3. The summed E-state index contributed by atoms with van der Waals surface area (Å²) < 4.78 is 0. The molecule has 0 bridgehead atoms. The molecule has 0 radical (unpaired) electrons. The van der Waals surface area contributed by atoms with E-state index in [1.54, 1.807) is 0 Å². The summed E-state index contributed by atoms with van der Waals surface area (Å²) in [5, 5.41) is 4.66. The molecule has 0 saturated carbocycles. The van der Waals surface area contributed by atoms with Crippen LogP contribution in [0.4, 0.5) is 0 Å². The Morgan fingerprint density at radius 2 is 2.06 bits per heavy atom. The molecule has 0 atom stereocenters. The summed E-state index contributed by atoms with van der Waals surface area (Å²) in [5.74, 6) is 0.877. The number of aromatic nitrogens is 1. The summed E-state index contributed by atoms with van der Waals surface area (Å²) in [4.78, 5) is 7.33. The first-order valence-electron chi connectivity index (χ1n) is 6.72. The molecule has 1 aliphatic heterocycles. The molecular weight excluding hydrogens is 308 g/mol. The number of piperidine rings is 1. The van der Waals surface area contributed by atoms with E-state index in [1.807, 2.05) is 11.3 Å². The van der Waals surface area contributed by atoms with Crippen molar-refractivity contribution in [2.24, 2.45) is 5.92 Å². The number of hydrogen-bond acceptors (Lipinski definition) is 3. The van der Waals surface area contributed by atoms with Gasteiger partial charge in [0, 0.05) is 16.1 Å². The Labute approximate surface area is 123 Å². The van der Waals surface area contributed by atoms with Crippen molar-refractivity contribution in [2.45, 2.75) is 45.6 Å². The third-order valence-electron chi connectivity index (χ3n) is 3.60. The van der Waals surface area contributed by atoms with Gasteiger partial charge < -0.3 is 0 Å². The molecule has 1 fully saturated rings. The Balaban J connectivity index is 1.89. The van der Waals surface area contributed by atoms with Crippen LogP contribution in [0, 0.1) is 5.92 Å². The number of nitrogens with zero attached hydrogens (tertiary/aromatic N) is 2. The molecule has 18 heavy (non-hydrogen) atoms. The van der Waals surface area contributed by atoms with E-state index in [-0.39, 0.29) is 5.41 Å². The van der Waals surface area contributed by atoms with E-state index in [1.165, 1.54) is 36.6 Å². The molecule has 102 valence electrons. The second-order valence-electron chi connectivity index (χ2n) is 6.25. The monoisotopic (exact) mass is 330 g/mol. The SMILES string of the molecule is CC(C)(C)c1csc(CN2CCC(CBr)CC2)n1. The fourth-order valence-corrected chi connectivity index (χ4v) is 3.93. The van der Waals surface area contributed by atoms with Crippen molar-refractivity contribution in [3.05, 3.63) is 16.1 Å². The number of hydrogen-bond donors (Lipinski definition) is 0. The molecule has 1 aromatic rings. The summed E-state index contributed by atoms with van der Waals surface area (Å²) in [6.45, 7) is 10.2. The molecule has 0 amide bonds. The number of likely N-dealkylation sites (tertiary alicyclic amines) is 1. The topological polar surface area (TPSA) is 16.1 Å². The molecule has 2 heterocycles. The van der Waals surface area contributed by atoms with Crippen LogP contribution in [0.1, 0.15) is 44.3 Å². The number of thiazole rings is 1. The highest BCUT2D eigenvalue weighted by atomic mass is 79.9. The number of alkyl halides is 1. The van der Waals surface area contributed by atoms with E-state index >= 15 is 0 Å². The van der Waals surface area contributed by atoms with Gasteiger partial charge in [-0.2, -0.15) is 0 Å². The smallest absolute Gasteiger partial charge is 0.107 e. The lowest BCUT2D eigenvalue weighted by atomic mass is 9.93. The van der Waals surface area contributed by atoms with Crippen molar-refractivity contribution >= 4 is 27.3 Å². The van der Waals surface area contributed by atoms with Gasteiger partial charge in [0.1, 0.15) is 5.01 Å². The van der Waals surface area contributed by atoms with Crippen LogP contribution in [0.5, 0.6) is 0 Å². The van der Waals surface area contributed by atoms with Crippen LogP contribution in [0.15, 0.2) is 5.38 Å². The first-order valence-corrected chi connectivity index (χ1v) is 8.72. The summed E-state index contributed by atoms with van der Waals surface area (Å²) in [6, 6.07) is 0. The Hall–Kier alpha value is 0.0700. The predicted molar refractivity (Wildman–Crippen MR) is 82.6 cm³/mol. The van der Waals surface area contributed by atoms with Gasteiger partial charge in [0.2, 0.25) is 0 Å². The largest absolute Gasteiger partial charge is 0.297 e. The first kappa shape index (κ1) is 14.5. The third kappa shape index (κ3) is 3.78. The minimum atomic E-state index is 0.178. The Morgan fingerprint density at radius 1 is 1.39 bits per heavy atom. The minimum absolute atomic E-state index is 0.178. The predicted octanol–water partition coefficient (Wildman–Crippen LogP) is 4.05. The van der Waals surface area contributed by atoms with Crippen LogP contribution in [-0.4, -0.2) is 28.3 Å². The maximum absolute atomic E-state index is 4.78. The lowest BCUT2D eigenvalue weighted by molar-refractivity contribution is 0.187.